The number of nitrogens with two attached hydrogens (primary N) is 1. The maximum absolute atomic E-state index is 5.92. The van der Waals surface area contributed by atoms with Crippen LogP contribution in [0, 0.1) is 12.8 Å². The van der Waals surface area contributed by atoms with Crippen molar-refractivity contribution in [2.24, 2.45) is 11.7 Å². The van der Waals surface area contributed by atoms with E-state index in [0.29, 0.717) is 6.54 Å². The van der Waals surface area contributed by atoms with Crippen molar-refractivity contribution in [2.75, 3.05) is 13.2 Å². The van der Waals surface area contributed by atoms with Crippen molar-refractivity contribution in [1.29, 1.82) is 0 Å². The van der Waals surface area contributed by atoms with E-state index < -0.39 is 0 Å². The fourth-order valence-corrected chi connectivity index (χ4v) is 1.94. The van der Waals surface area contributed by atoms with Crippen molar-refractivity contribution >= 4 is 0 Å². The first-order valence-corrected chi connectivity index (χ1v) is 6.56. The third-order valence-electron chi connectivity index (χ3n) is 2.88. The van der Waals surface area contributed by atoms with Crippen LogP contribution in [0.25, 0.3) is 0 Å². The molecular weight excluding hydrogens is 210 g/mol. The quantitative estimate of drug-likeness (QED) is 0.736. The van der Waals surface area contributed by atoms with Crippen molar-refractivity contribution in [3.63, 3.8) is 0 Å². The monoisotopic (exact) mass is 235 g/mol. The summed E-state index contributed by atoms with van der Waals surface area (Å²) in [6, 6.07) is 6.27. The highest BCUT2D eigenvalue weighted by molar-refractivity contribution is 5.40. The molecule has 1 aromatic carbocycles. The molecule has 1 rings (SSSR count). The van der Waals surface area contributed by atoms with Crippen molar-refractivity contribution in [3.8, 4) is 5.75 Å². The van der Waals surface area contributed by atoms with E-state index >= 15 is 0 Å². The predicted molar refractivity (Wildman–Crippen MR) is 73.5 cm³/mol. The number of hydrogen-bond acceptors (Lipinski definition) is 2. The van der Waals surface area contributed by atoms with Crippen LogP contribution in [-0.2, 0) is 6.42 Å². The summed E-state index contributed by atoms with van der Waals surface area (Å²) in [6.07, 6.45) is 3.23. The predicted octanol–water partition coefficient (Wildman–Crippen LogP) is 3.31. The second kappa shape index (κ2) is 7.33. The summed E-state index contributed by atoms with van der Waals surface area (Å²) >= 11 is 0. The van der Waals surface area contributed by atoms with Gasteiger partial charge in [-0.3, -0.25) is 0 Å². The van der Waals surface area contributed by atoms with E-state index in [4.69, 9.17) is 10.5 Å². The smallest absolute Gasteiger partial charge is 0.125 e. The minimum Gasteiger partial charge on any atom is -0.493 e. The molecule has 0 heterocycles. The van der Waals surface area contributed by atoms with Gasteiger partial charge in [0.2, 0.25) is 0 Å². The van der Waals surface area contributed by atoms with Crippen LogP contribution in [0.4, 0.5) is 0 Å². The van der Waals surface area contributed by atoms with Gasteiger partial charge in [0.15, 0.2) is 0 Å². The van der Waals surface area contributed by atoms with E-state index in [1.165, 1.54) is 17.5 Å². The zero-order valence-corrected chi connectivity index (χ0v) is 11.3. The molecule has 0 bridgehead atoms. The second-order valence-corrected chi connectivity index (χ2v) is 4.99. The molecule has 0 aliphatic heterocycles. The molecule has 0 aromatic heterocycles. The van der Waals surface area contributed by atoms with Crippen LogP contribution in [0.1, 0.15) is 37.8 Å². The highest BCUT2D eigenvalue weighted by Gasteiger charge is 2.06. The Morgan fingerprint density at radius 1 is 1.29 bits per heavy atom. The van der Waals surface area contributed by atoms with Gasteiger partial charge in [0.1, 0.15) is 5.75 Å². The van der Waals surface area contributed by atoms with E-state index in [-0.39, 0.29) is 0 Å². The Hall–Kier alpha value is -1.02. The molecule has 2 nitrogen and oxygen atoms in total. The SMILES string of the molecule is Cc1cccc(CCN)c1OCCCC(C)C. The highest BCUT2D eigenvalue weighted by Crippen LogP contribution is 2.24. The van der Waals surface area contributed by atoms with Gasteiger partial charge in [0.25, 0.3) is 0 Å². The van der Waals surface area contributed by atoms with Gasteiger partial charge in [-0.2, -0.15) is 0 Å². The number of ether oxygens (including phenoxy) is 1. The van der Waals surface area contributed by atoms with Crippen LogP contribution in [0.2, 0.25) is 0 Å². The molecule has 0 atom stereocenters. The first kappa shape index (κ1) is 14.0. The van der Waals surface area contributed by atoms with Crippen LogP contribution in [0.5, 0.6) is 5.75 Å². The molecule has 0 fully saturated rings. The zero-order chi connectivity index (χ0) is 12.7. The van der Waals surface area contributed by atoms with Crippen LogP contribution in [0.15, 0.2) is 18.2 Å². The molecule has 0 saturated heterocycles. The Bertz CT molecular complexity index is 334. The first-order chi connectivity index (χ1) is 8.15. The maximum atomic E-state index is 5.92. The van der Waals surface area contributed by atoms with Gasteiger partial charge in [-0.25, -0.2) is 0 Å². The molecule has 96 valence electrons. The van der Waals surface area contributed by atoms with Crippen LogP contribution in [0.3, 0.4) is 0 Å². The average molecular weight is 235 g/mol. The summed E-state index contributed by atoms with van der Waals surface area (Å²) in [4.78, 5) is 0. The van der Waals surface area contributed by atoms with E-state index in [0.717, 1.165) is 31.1 Å². The second-order valence-electron chi connectivity index (χ2n) is 4.99. The molecule has 0 amide bonds. The van der Waals surface area contributed by atoms with E-state index in [9.17, 15) is 0 Å². The van der Waals surface area contributed by atoms with E-state index in [1.807, 2.05) is 0 Å². The molecule has 0 spiro atoms. The lowest BCUT2D eigenvalue weighted by molar-refractivity contribution is 0.293. The molecule has 0 saturated carbocycles. The van der Waals surface area contributed by atoms with Crippen LogP contribution >= 0.6 is 0 Å². The van der Waals surface area contributed by atoms with Gasteiger partial charge in [-0.15, -0.1) is 0 Å². The first-order valence-electron chi connectivity index (χ1n) is 6.56. The Morgan fingerprint density at radius 3 is 2.71 bits per heavy atom. The van der Waals surface area contributed by atoms with Gasteiger partial charge in [-0.05, 0) is 49.8 Å². The molecule has 17 heavy (non-hydrogen) atoms. The van der Waals surface area contributed by atoms with Crippen molar-refractivity contribution < 1.29 is 4.74 Å². The third-order valence-corrected chi connectivity index (χ3v) is 2.88. The molecule has 0 aliphatic rings. The van der Waals surface area contributed by atoms with E-state index in [1.54, 1.807) is 0 Å². The topological polar surface area (TPSA) is 35.2 Å². The van der Waals surface area contributed by atoms with Gasteiger partial charge in [0, 0.05) is 0 Å². The Balaban J connectivity index is 2.56. The summed E-state index contributed by atoms with van der Waals surface area (Å²) in [6.45, 7) is 8.06. The highest BCUT2D eigenvalue weighted by atomic mass is 16.5. The number of hydrogen-bond donors (Lipinski definition) is 1. The van der Waals surface area contributed by atoms with Crippen LogP contribution in [-0.4, -0.2) is 13.2 Å². The minimum absolute atomic E-state index is 0.672. The largest absolute Gasteiger partial charge is 0.493 e. The summed E-state index contributed by atoms with van der Waals surface area (Å²) in [5.41, 5.74) is 8.06. The van der Waals surface area contributed by atoms with Crippen molar-refractivity contribution in [2.45, 2.75) is 40.0 Å². The number of benzene rings is 1. The maximum Gasteiger partial charge on any atom is 0.125 e. The number of para-hydroxylation sites is 1. The summed E-state index contributed by atoms with van der Waals surface area (Å²) in [5.74, 6) is 1.79. The van der Waals surface area contributed by atoms with E-state index in [2.05, 4.69) is 39.0 Å². The van der Waals surface area contributed by atoms with Gasteiger partial charge < -0.3 is 10.5 Å². The zero-order valence-electron chi connectivity index (χ0n) is 11.3. The summed E-state index contributed by atoms with van der Waals surface area (Å²) in [7, 11) is 0. The van der Waals surface area contributed by atoms with Crippen molar-refractivity contribution in [1.82, 2.24) is 0 Å². The average Bonchev–Trinajstić information content (AvgIpc) is 2.27. The lowest BCUT2D eigenvalue weighted by Gasteiger charge is -2.14. The van der Waals surface area contributed by atoms with Gasteiger partial charge >= 0.3 is 0 Å². The normalized spacial score (nSPS) is 10.9. The fourth-order valence-electron chi connectivity index (χ4n) is 1.94. The summed E-state index contributed by atoms with van der Waals surface area (Å²) < 4.78 is 5.92. The lowest BCUT2D eigenvalue weighted by Crippen LogP contribution is -2.07. The van der Waals surface area contributed by atoms with Crippen molar-refractivity contribution in [3.05, 3.63) is 29.3 Å². The molecule has 0 radical (unpaired) electrons. The Morgan fingerprint density at radius 2 is 2.06 bits per heavy atom. The Kier molecular flexibility index (Phi) is 6.06. The van der Waals surface area contributed by atoms with Gasteiger partial charge in [-0.1, -0.05) is 32.0 Å². The van der Waals surface area contributed by atoms with Gasteiger partial charge in [0.05, 0.1) is 6.61 Å². The summed E-state index contributed by atoms with van der Waals surface area (Å²) in [5, 5.41) is 0. The number of aryl methyl sites for hydroxylation is 1. The molecule has 2 N–H and O–H groups in total. The molecule has 1 aromatic rings. The number of rotatable bonds is 7. The lowest BCUT2D eigenvalue weighted by atomic mass is 10.1. The molecule has 2 heteroatoms. The fraction of sp³-hybridized carbons (Fsp3) is 0.600. The standard InChI is InChI=1S/C15H25NO/c1-12(2)6-5-11-17-15-13(3)7-4-8-14(15)9-10-16/h4,7-8,12H,5-6,9-11,16H2,1-3H3. The van der Waals surface area contributed by atoms with Crippen LogP contribution < -0.4 is 10.5 Å². The third kappa shape index (κ3) is 4.78. The molecule has 0 aliphatic carbocycles. The molecular formula is C15H25NO. The molecule has 0 unspecified atom stereocenters. The Labute approximate surface area is 105 Å². The minimum atomic E-state index is 0.672.